The van der Waals surface area contributed by atoms with Crippen molar-refractivity contribution in [1.82, 2.24) is 14.5 Å². The summed E-state index contributed by atoms with van der Waals surface area (Å²) in [5, 5.41) is 3.19. The lowest BCUT2D eigenvalue weighted by Gasteiger charge is -2.27. The molecule has 1 aliphatic rings. The van der Waals surface area contributed by atoms with Gasteiger partial charge in [-0.1, -0.05) is 19.9 Å². The summed E-state index contributed by atoms with van der Waals surface area (Å²) in [4.78, 5) is 14.4. The van der Waals surface area contributed by atoms with Crippen LogP contribution in [0, 0.1) is 0 Å². The van der Waals surface area contributed by atoms with Crippen LogP contribution in [-0.2, 0) is 10.0 Å². The minimum atomic E-state index is -3.54. The molecule has 1 aliphatic heterocycles. The highest BCUT2D eigenvalue weighted by molar-refractivity contribution is 7.89. The molecule has 7 heteroatoms. The third-order valence-corrected chi connectivity index (χ3v) is 5.87. The van der Waals surface area contributed by atoms with Crippen LogP contribution in [0.15, 0.2) is 29.2 Å². The smallest absolute Gasteiger partial charge is 0.253 e. The average molecular weight is 325 g/mol. The molecule has 0 bridgehead atoms. The fourth-order valence-corrected chi connectivity index (χ4v) is 4.06. The molecule has 1 N–H and O–H groups in total. The standard InChI is InChI=1S/C15H23N3O3S/c1-3-18(4-2)22(20,21)14-7-5-6-13(12-14)15(19)17-10-8-16-9-11-17/h5-7,12,16H,3-4,8-11H2,1-2H3. The van der Waals surface area contributed by atoms with Gasteiger partial charge in [0.2, 0.25) is 10.0 Å². The average Bonchev–Trinajstić information content (AvgIpc) is 2.56. The highest BCUT2D eigenvalue weighted by Gasteiger charge is 2.24. The van der Waals surface area contributed by atoms with Gasteiger partial charge in [0.15, 0.2) is 0 Å². The molecular formula is C15H23N3O3S. The van der Waals surface area contributed by atoms with Crippen molar-refractivity contribution in [2.24, 2.45) is 0 Å². The molecule has 1 saturated heterocycles. The van der Waals surface area contributed by atoms with Crippen LogP contribution in [0.25, 0.3) is 0 Å². The normalized spacial score (nSPS) is 16.0. The second kappa shape index (κ2) is 7.21. The Morgan fingerprint density at radius 2 is 1.86 bits per heavy atom. The molecule has 1 aromatic rings. The van der Waals surface area contributed by atoms with E-state index in [9.17, 15) is 13.2 Å². The second-order valence-corrected chi connectivity index (χ2v) is 7.10. The Bertz CT molecular complexity index is 621. The van der Waals surface area contributed by atoms with E-state index in [1.807, 2.05) is 0 Å². The van der Waals surface area contributed by atoms with E-state index < -0.39 is 10.0 Å². The van der Waals surface area contributed by atoms with Gasteiger partial charge in [-0.25, -0.2) is 8.42 Å². The molecular weight excluding hydrogens is 302 g/mol. The number of nitrogens with zero attached hydrogens (tertiary/aromatic N) is 2. The zero-order valence-corrected chi connectivity index (χ0v) is 13.9. The number of amides is 1. The fraction of sp³-hybridized carbons (Fsp3) is 0.533. The van der Waals surface area contributed by atoms with Gasteiger partial charge in [-0.3, -0.25) is 4.79 Å². The van der Waals surface area contributed by atoms with E-state index in [1.165, 1.54) is 10.4 Å². The molecule has 22 heavy (non-hydrogen) atoms. The third kappa shape index (κ3) is 3.48. The van der Waals surface area contributed by atoms with Crippen LogP contribution in [-0.4, -0.2) is 62.8 Å². The predicted molar refractivity (Wildman–Crippen MR) is 85.3 cm³/mol. The first-order valence-electron chi connectivity index (χ1n) is 7.61. The molecule has 1 fully saturated rings. The van der Waals surface area contributed by atoms with E-state index in [-0.39, 0.29) is 10.8 Å². The predicted octanol–water partition coefficient (Wildman–Crippen LogP) is 0.762. The summed E-state index contributed by atoms with van der Waals surface area (Å²) in [5.74, 6) is -0.113. The maximum Gasteiger partial charge on any atom is 0.253 e. The van der Waals surface area contributed by atoms with E-state index >= 15 is 0 Å². The zero-order chi connectivity index (χ0) is 16.2. The molecule has 122 valence electrons. The van der Waals surface area contributed by atoms with E-state index in [1.54, 1.807) is 36.9 Å². The Morgan fingerprint density at radius 3 is 2.45 bits per heavy atom. The van der Waals surface area contributed by atoms with Crippen LogP contribution in [0.3, 0.4) is 0 Å². The number of rotatable bonds is 5. The summed E-state index contributed by atoms with van der Waals surface area (Å²) < 4.78 is 26.5. The quantitative estimate of drug-likeness (QED) is 0.868. The van der Waals surface area contributed by atoms with Crippen LogP contribution in [0.4, 0.5) is 0 Å². The number of piperazine rings is 1. The Morgan fingerprint density at radius 1 is 1.23 bits per heavy atom. The Labute approximate surface area is 132 Å². The number of sulfonamides is 1. The molecule has 1 aromatic carbocycles. The molecule has 0 radical (unpaired) electrons. The molecule has 1 amide bonds. The fourth-order valence-electron chi connectivity index (χ4n) is 2.55. The molecule has 1 heterocycles. The van der Waals surface area contributed by atoms with Gasteiger partial charge < -0.3 is 10.2 Å². The first-order valence-corrected chi connectivity index (χ1v) is 9.05. The van der Waals surface area contributed by atoms with E-state index in [0.717, 1.165) is 13.1 Å². The second-order valence-electron chi connectivity index (χ2n) is 5.16. The van der Waals surface area contributed by atoms with Gasteiger partial charge in [-0.15, -0.1) is 0 Å². The van der Waals surface area contributed by atoms with E-state index in [4.69, 9.17) is 0 Å². The molecule has 0 atom stereocenters. The molecule has 0 aliphatic carbocycles. The summed E-state index contributed by atoms with van der Waals surface area (Å²) in [6.45, 7) is 7.25. The van der Waals surface area contributed by atoms with E-state index in [0.29, 0.717) is 31.7 Å². The maximum absolute atomic E-state index is 12.5. The first kappa shape index (κ1) is 16.9. The van der Waals surface area contributed by atoms with Gasteiger partial charge in [0.25, 0.3) is 5.91 Å². The van der Waals surface area contributed by atoms with Crippen molar-refractivity contribution in [3.8, 4) is 0 Å². The monoisotopic (exact) mass is 325 g/mol. The van der Waals surface area contributed by atoms with Crippen LogP contribution < -0.4 is 5.32 Å². The molecule has 2 rings (SSSR count). The van der Waals surface area contributed by atoms with Gasteiger partial charge >= 0.3 is 0 Å². The first-order chi connectivity index (χ1) is 10.5. The number of hydrogen-bond donors (Lipinski definition) is 1. The Hall–Kier alpha value is -1.44. The minimum absolute atomic E-state index is 0.113. The highest BCUT2D eigenvalue weighted by Crippen LogP contribution is 2.18. The van der Waals surface area contributed by atoms with Crippen molar-refractivity contribution < 1.29 is 13.2 Å². The van der Waals surface area contributed by atoms with Gasteiger partial charge in [0, 0.05) is 44.8 Å². The van der Waals surface area contributed by atoms with Gasteiger partial charge in [0.1, 0.15) is 0 Å². The van der Waals surface area contributed by atoms with Crippen molar-refractivity contribution >= 4 is 15.9 Å². The summed E-state index contributed by atoms with van der Waals surface area (Å²) in [6.07, 6.45) is 0. The van der Waals surface area contributed by atoms with Crippen LogP contribution in [0.1, 0.15) is 24.2 Å². The Kier molecular flexibility index (Phi) is 5.55. The van der Waals surface area contributed by atoms with Crippen LogP contribution >= 0.6 is 0 Å². The summed E-state index contributed by atoms with van der Waals surface area (Å²) in [5.41, 5.74) is 0.426. The SMILES string of the molecule is CCN(CC)S(=O)(=O)c1cccc(C(=O)N2CCNCC2)c1. The highest BCUT2D eigenvalue weighted by atomic mass is 32.2. The number of benzene rings is 1. The van der Waals surface area contributed by atoms with Gasteiger partial charge in [0.05, 0.1) is 4.90 Å². The summed E-state index contributed by atoms with van der Waals surface area (Å²) >= 11 is 0. The topological polar surface area (TPSA) is 69.7 Å². The molecule has 0 spiro atoms. The lowest BCUT2D eigenvalue weighted by molar-refractivity contribution is 0.0735. The zero-order valence-electron chi connectivity index (χ0n) is 13.1. The largest absolute Gasteiger partial charge is 0.336 e. The summed E-state index contributed by atoms with van der Waals surface area (Å²) in [7, 11) is -3.54. The van der Waals surface area contributed by atoms with Crippen molar-refractivity contribution in [2.75, 3.05) is 39.3 Å². The third-order valence-electron chi connectivity index (χ3n) is 3.83. The molecule has 0 aromatic heterocycles. The number of nitrogens with one attached hydrogen (secondary N) is 1. The van der Waals surface area contributed by atoms with Crippen molar-refractivity contribution in [3.05, 3.63) is 29.8 Å². The maximum atomic E-state index is 12.5. The molecule has 0 saturated carbocycles. The molecule has 0 unspecified atom stereocenters. The van der Waals surface area contributed by atoms with Crippen molar-refractivity contribution in [2.45, 2.75) is 18.7 Å². The lowest BCUT2D eigenvalue weighted by atomic mass is 10.2. The number of hydrogen-bond acceptors (Lipinski definition) is 4. The van der Waals surface area contributed by atoms with Gasteiger partial charge in [-0.05, 0) is 18.2 Å². The number of carbonyl (C=O) groups excluding carboxylic acids is 1. The van der Waals surface area contributed by atoms with Crippen LogP contribution in [0.5, 0.6) is 0 Å². The van der Waals surface area contributed by atoms with Crippen molar-refractivity contribution in [1.29, 1.82) is 0 Å². The Balaban J connectivity index is 2.28. The van der Waals surface area contributed by atoms with Crippen molar-refractivity contribution in [3.63, 3.8) is 0 Å². The van der Waals surface area contributed by atoms with E-state index in [2.05, 4.69) is 5.32 Å². The molecule has 6 nitrogen and oxygen atoms in total. The number of carbonyl (C=O) groups is 1. The minimum Gasteiger partial charge on any atom is -0.336 e. The van der Waals surface area contributed by atoms with Gasteiger partial charge in [-0.2, -0.15) is 4.31 Å². The lowest BCUT2D eigenvalue weighted by Crippen LogP contribution is -2.46. The van der Waals surface area contributed by atoms with Crippen LogP contribution in [0.2, 0.25) is 0 Å². The summed E-state index contributed by atoms with van der Waals surface area (Å²) in [6, 6.07) is 6.33.